The Bertz CT molecular complexity index is 702. The van der Waals surface area contributed by atoms with Gasteiger partial charge in [0.1, 0.15) is 5.69 Å². The van der Waals surface area contributed by atoms with E-state index >= 15 is 0 Å². The number of nitrogens with one attached hydrogen (secondary N) is 1. The number of rotatable bonds is 4. The minimum absolute atomic E-state index is 0.255. The molecule has 2 aromatic rings. The van der Waals surface area contributed by atoms with Crippen molar-refractivity contribution in [1.82, 2.24) is 14.7 Å². The zero-order valence-electron chi connectivity index (χ0n) is 14.1. The molecule has 5 nitrogen and oxygen atoms in total. The van der Waals surface area contributed by atoms with E-state index in [0.717, 1.165) is 24.2 Å². The Labute approximate surface area is 137 Å². The average molecular weight is 315 g/mol. The van der Waals surface area contributed by atoms with Crippen LogP contribution in [0.3, 0.4) is 0 Å². The summed E-state index contributed by atoms with van der Waals surface area (Å²) in [4.78, 5) is 16.7. The summed E-state index contributed by atoms with van der Waals surface area (Å²) in [5.74, 6) is 0.783. The van der Waals surface area contributed by atoms with Gasteiger partial charge in [0.2, 0.25) is 0 Å². The lowest BCUT2D eigenvalue weighted by atomic mass is 9.80. The molecule has 0 radical (unpaired) electrons. The highest BCUT2D eigenvalue weighted by molar-refractivity contribution is 5.92. The fourth-order valence-corrected chi connectivity index (χ4v) is 3.86. The molecule has 2 aromatic heterocycles. The topological polar surface area (TPSA) is 55.6 Å². The van der Waals surface area contributed by atoms with Gasteiger partial charge in [-0.05, 0) is 62.7 Å². The van der Waals surface area contributed by atoms with Crippen molar-refractivity contribution in [3.8, 4) is 0 Å². The zero-order chi connectivity index (χ0) is 16.4. The van der Waals surface area contributed by atoms with Crippen LogP contribution in [0.2, 0.25) is 0 Å². The van der Waals surface area contributed by atoms with Crippen LogP contribution in [-0.2, 0) is 4.74 Å². The van der Waals surface area contributed by atoms with Gasteiger partial charge < -0.3 is 14.5 Å². The standard InChI is InChI=1S/C18H25N3O2/c1-4-23-18(22)17-13(3)16(15-11-20-9-10-21(15)17)12(2)14-5-7-19-8-6-14/h9-12,14,19H,4-8H2,1-3H3. The first kappa shape index (κ1) is 16.0. The lowest BCUT2D eigenvalue weighted by molar-refractivity contribution is 0.0517. The summed E-state index contributed by atoms with van der Waals surface area (Å²) in [6.07, 6.45) is 7.78. The third-order valence-corrected chi connectivity index (χ3v) is 5.05. The molecule has 1 unspecified atom stereocenters. The Morgan fingerprint density at radius 3 is 2.91 bits per heavy atom. The van der Waals surface area contributed by atoms with Gasteiger partial charge in [0.15, 0.2) is 0 Å². The quantitative estimate of drug-likeness (QED) is 0.882. The maximum atomic E-state index is 12.4. The summed E-state index contributed by atoms with van der Waals surface area (Å²) in [6, 6.07) is 0. The second kappa shape index (κ2) is 6.71. The number of ether oxygens (including phenoxy) is 1. The average Bonchev–Trinajstić information content (AvgIpc) is 2.87. The van der Waals surface area contributed by atoms with Crippen molar-refractivity contribution >= 4 is 11.5 Å². The van der Waals surface area contributed by atoms with Crippen LogP contribution in [0.4, 0.5) is 0 Å². The molecule has 0 spiro atoms. The summed E-state index contributed by atoms with van der Waals surface area (Å²) in [6.45, 7) is 8.68. The van der Waals surface area contributed by atoms with Gasteiger partial charge >= 0.3 is 5.97 Å². The molecule has 0 saturated carbocycles. The van der Waals surface area contributed by atoms with Crippen molar-refractivity contribution in [3.05, 3.63) is 35.4 Å². The molecular formula is C18H25N3O2. The highest BCUT2D eigenvalue weighted by atomic mass is 16.5. The van der Waals surface area contributed by atoms with Crippen LogP contribution in [-0.4, -0.2) is 35.1 Å². The van der Waals surface area contributed by atoms with Crippen LogP contribution in [0, 0.1) is 12.8 Å². The molecule has 124 valence electrons. The van der Waals surface area contributed by atoms with E-state index in [-0.39, 0.29) is 5.97 Å². The molecule has 1 atom stereocenters. The predicted molar refractivity (Wildman–Crippen MR) is 89.9 cm³/mol. The van der Waals surface area contributed by atoms with Gasteiger partial charge in [0, 0.05) is 12.4 Å². The Morgan fingerprint density at radius 2 is 2.22 bits per heavy atom. The fourth-order valence-electron chi connectivity index (χ4n) is 3.86. The SMILES string of the molecule is CCOC(=O)c1c(C)c(C(C)C2CCNCC2)c2cnccn12. The smallest absolute Gasteiger partial charge is 0.355 e. The molecule has 1 aliphatic heterocycles. The Morgan fingerprint density at radius 1 is 1.48 bits per heavy atom. The number of hydrogen-bond acceptors (Lipinski definition) is 4. The Kier molecular flexibility index (Phi) is 4.66. The number of aromatic nitrogens is 2. The van der Waals surface area contributed by atoms with Crippen molar-refractivity contribution in [2.75, 3.05) is 19.7 Å². The third kappa shape index (κ3) is 2.85. The van der Waals surface area contributed by atoms with Gasteiger partial charge in [0.25, 0.3) is 0 Å². The lowest BCUT2D eigenvalue weighted by Gasteiger charge is -2.28. The van der Waals surface area contributed by atoms with Crippen LogP contribution < -0.4 is 5.32 Å². The number of hydrogen-bond donors (Lipinski definition) is 1. The molecule has 3 heterocycles. The number of nitrogens with zero attached hydrogens (tertiary/aromatic N) is 2. The third-order valence-electron chi connectivity index (χ3n) is 5.05. The van der Waals surface area contributed by atoms with Crippen LogP contribution in [0.5, 0.6) is 0 Å². The molecule has 3 rings (SSSR count). The highest BCUT2D eigenvalue weighted by Gasteiger charge is 2.29. The molecule has 1 saturated heterocycles. The number of carbonyl (C=O) groups excluding carboxylic acids is 1. The second-order valence-electron chi connectivity index (χ2n) is 6.32. The number of esters is 1. The minimum Gasteiger partial charge on any atom is -0.461 e. The molecular weight excluding hydrogens is 290 g/mol. The molecule has 0 aromatic carbocycles. The lowest BCUT2D eigenvalue weighted by Crippen LogP contribution is -2.30. The van der Waals surface area contributed by atoms with E-state index in [4.69, 9.17) is 4.74 Å². The van der Waals surface area contributed by atoms with Crippen LogP contribution >= 0.6 is 0 Å². The first-order chi connectivity index (χ1) is 11.1. The second-order valence-corrected chi connectivity index (χ2v) is 6.32. The maximum Gasteiger partial charge on any atom is 0.355 e. The molecule has 1 aliphatic rings. The molecule has 5 heteroatoms. The van der Waals surface area contributed by atoms with Crippen LogP contribution in [0.25, 0.3) is 5.52 Å². The van der Waals surface area contributed by atoms with Gasteiger partial charge in [-0.15, -0.1) is 0 Å². The molecule has 1 N–H and O–H groups in total. The van der Waals surface area contributed by atoms with E-state index in [1.807, 2.05) is 30.6 Å². The van der Waals surface area contributed by atoms with Crippen molar-refractivity contribution in [3.63, 3.8) is 0 Å². The summed E-state index contributed by atoms with van der Waals surface area (Å²) >= 11 is 0. The summed E-state index contributed by atoms with van der Waals surface area (Å²) < 4.78 is 7.20. The van der Waals surface area contributed by atoms with Gasteiger partial charge in [-0.25, -0.2) is 4.79 Å². The van der Waals surface area contributed by atoms with E-state index in [1.54, 1.807) is 6.20 Å². The van der Waals surface area contributed by atoms with Gasteiger partial charge in [-0.2, -0.15) is 0 Å². The molecule has 0 amide bonds. The first-order valence-electron chi connectivity index (χ1n) is 8.47. The monoisotopic (exact) mass is 315 g/mol. The molecule has 1 fully saturated rings. The molecule has 0 aliphatic carbocycles. The van der Waals surface area contributed by atoms with Crippen LogP contribution in [0.1, 0.15) is 54.2 Å². The van der Waals surface area contributed by atoms with E-state index in [2.05, 4.69) is 17.2 Å². The van der Waals surface area contributed by atoms with E-state index in [0.29, 0.717) is 24.1 Å². The van der Waals surface area contributed by atoms with Gasteiger partial charge in [-0.1, -0.05) is 6.92 Å². The largest absolute Gasteiger partial charge is 0.461 e. The number of fused-ring (bicyclic) bond motifs is 1. The minimum atomic E-state index is -0.255. The van der Waals surface area contributed by atoms with Crippen LogP contribution in [0.15, 0.2) is 18.6 Å². The van der Waals surface area contributed by atoms with Crippen molar-refractivity contribution in [2.24, 2.45) is 5.92 Å². The summed E-state index contributed by atoms with van der Waals surface area (Å²) in [7, 11) is 0. The summed E-state index contributed by atoms with van der Waals surface area (Å²) in [5.41, 5.74) is 3.94. The van der Waals surface area contributed by atoms with Crippen molar-refractivity contribution < 1.29 is 9.53 Å². The van der Waals surface area contributed by atoms with Crippen molar-refractivity contribution in [2.45, 2.75) is 39.5 Å². The van der Waals surface area contributed by atoms with E-state index < -0.39 is 0 Å². The number of carbonyl (C=O) groups is 1. The Balaban J connectivity index is 2.09. The van der Waals surface area contributed by atoms with Gasteiger partial charge in [0.05, 0.1) is 18.3 Å². The maximum absolute atomic E-state index is 12.4. The normalized spacial score (nSPS) is 17.3. The number of piperidine rings is 1. The summed E-state index contributed by atoms with van der Waals surface area (Å²) in [5, 5.41) is 3.42. The Hall–Kier alpha value is -1.88. The van der Waals surface area contributed by atoms with E-state index in [1.165, 1.54) is 18.4 Å². The first-order valence-corrected chi connectivity index (χ1v) is 8.47. The van der Waals surface area contributed by atoms with E-state index in [9.17, 15) is 4.79 Å². The molecule has 0 bridgehead atoms. The van der Waals surface area contributed by atoms with Crippen molar-refractivity contribution in [1.29, 1.82) is 0 Å². The predicted octanol–water partition coefficient (Wildman–Crippen LogP) is 2.92. The fraction of sp³-hybridized carbons (Fsp3) is 0.556. The highest BCUT2D eigenvalue weighted by Crippen LogP contribution is 2.37. The molecule has 23 heavy (non-hydrogen) atoms. The van der Waals surface area contributed by atoms with Gasteiger partial charge in [-0.3, -0.25) is 4.98 Å². The zero-order valence-corrected chi connectivity index (χ0v) is 14.1.